The summed E-state index contributed by atoms with van der Waals surface area (Å²) in [7, 11) is 0. The fourth-order valence-electron chi connectivity index (χ4n) is 1.49. The number of carbonyl (C=O) groups excluding carboxylic acids is 1. The van der Waals surface area contributed by atoms with E-state index in [0.717, 1.165) is 13.7 Å². The molecule has 0 amide bonds. The smallest absolute Gasteiger partial charge is 0.358 e. The number of carbonyl (C=O) groups is 1. The van der Waals surface area contributed by atoms with Crippen LogP contribution in [0.3, 0.4) is 0 Å². The van der Waals surface area contributed by atoms with Crippen molar-refractivity contribution in [1.82, 2.24) is 9.78 Å². The molecule has 0 aliphatic rings. The number of benzene rings is 1. The lowest BCUT2D eigenvalue weighted by Gasteiger charge is -2.07. The van der Waals surface area contributed by atoms with E-state index >= 15 is 0 Å². The molecule has 1 aromatic carbocycles. The van der Waals surface area contributed by atoms with Gasteiger partial charge in [-0.25, -0.2) is 9.48 Å². The summed E-state index contributed by atoms with van der Waals surface area (Å²) < 4.78 is 8.38. The first-order valence-corrected chi connectivity index (χ1v) is 7.17. The van der Waals surface area contributed by atoms with Crippen LogP contribution >= 0.6 is 38.5 Å². The highest BCUT2D eigenvalue weighted by molar-refractivity contribution is 14.1. The molecule has 4 nitrogen and oxygen atoms in total. The molecule has 2 rings (SSSR count). The normalized spacial score (nSPS) is 10.4. The average molecular weight is 421 g/mol. The van der Waals surface area contributed by atoms with Crippen LogP contribution in [-0.2, 0) is 4.74 Å². The van der Waals surface area contributed by atoms with Gasteiger partial charge in [0.25, 0.3) is 0 Å². The molecule has 0 fully saturated rings. The summed E-state index contributed by atoms with van der Waals surface area (Å²) in [4.78, 5) is 11.9. The lowest BCUT2D eigenvalue weighted by Crippen LogP contribution is -2.13. The standard InChI is InChI=1S/C12H10BrIN2O2/c1-2-18-12(17)11-10(14)7-15-16(11)9-5-3-8(13)4-6-9/h3-7H,2H2,1H3. The summed E-state index contributed by atoms with van der Waals surface area (Å²) in [6.07, 6.45) is 1.65. The maximum Gasteiger partial charge on any atom is 0.358 e. The first kappa shape index (κ1) is 13.5. The summed E-state index contributed by atoms with van der Waals surface area (Å²) in [5.74, 6) is -0.359. The molecular formula is C12H10BrIN2O2. The second-order valence-electron chi connectivity index (χ2n) is 3.45. The van der Waals surface area contributed by atoms with Gasteiger partial charge in [0.05, 0.1) is 22.1 Å². The van der Waals surface area contributed by atoms with Crippen molar-refractivity contribution in [3.63, 3.8) is 0 Å². The third-order valence-electron chi connectivity index (χ3n) is 2.26. The molecule has 0 unspecified atom stereocenters. The SMILES string of the molecule is CCOC(=O)c1c(I)cnn1-c1ccc(Br)cc1. The molecule has 6 heteroatoms. The summed E-state index contributed by atoms with van der Waals surface area (Å²) in [5.41, 5.74) is 1.28. The van der Waals surface area contributed by atoms with Gasteiger partial charge < -0.3 is 4.74 Å². The van der Waals surface area contributed by atoms with Gasteiger partial charge in [0.15, 0.2) is 5.69 Å². The number of aromatic nitrogens is 2. The number of nitrogens with zero attached hydrogens (tertiary/aromatic N) is 2. The lowest BCUT2D eigenvalue weighted by atomic mass is 10.3. The van der Waals surface area contributed by atoms with E-state index in [1.165, 1.54) is 0 Å². The second-order valence-corrected chi connectivity index (χ2v) is 5.53. The Bertz CT molecular complexity index is 566. The zero-order valence-corrected chi connectivity index (χ0v) is 13.3. The number of rotatable bonds is 3. The van der Waals surface area contributed by atoms with Crippen molar-refractivity contribution < 1.29 is 9.53 Å². The molecule has 1 aromatic heterocycles. The van der Waals surface area contributed by atoms with Crippen molar-refractivity contribution in [3.05, 3.63) is 44.2 Å². The molecule has 0 bridgehead atoms. The molecule has 18 heavy (non-hydrogen) atoms. The highest BCUT2D eigenvalue weighted by Crippen LogP contribution is 2.19. The van der Waals surface area contributed by atoms with E-state index in [1.54, 1.807) is 17.8 Å². The van der Waals surface area contributed by atoms with Crippen molar-refractivity contribution in [2.24, 2.45) is 0 Å². The zero-order chi connectivity index (χ0) is 13.1. The molecular weight excluding hydrogens is 411 g/mol. The molecule has 0 aliphatic carbocycles. The molecule has 0 saturated heterocycles. The van der Waals surface area contributed by atoms with Crippen LogP contribution in [0.25, 0.3) is 5.69 Å². The fraction of sp³-hybridized carbons (Fsp3) is 0.167. The summed E-state index contributed by atoms with van der Waals surface area (Å²) >= 11 is 5.45. The largest absolute Gasteiger partial charge is 0.461 e. The minimum atomic E-state index is -0.359. The van der Waals surface area contributed by atoms with Crippen LogP contribution in [0.15, 0.2) is 34.9 Å². The van der Waals surface area contributed by atoms with Gasteiger partial charge in [0.2, 0.25) is 0 Å². The van der Waals surface area contributed by atoms with E-state index in [4.69, 9.17) is 4.74 Å². The van der Waals surface area contributed by atoms with Gasteiger partial charge in [-0.05, 0) is 53.8 Å². The fourth-order valence-corrected chi connectivity index (χ4v) is 2.33. The van der Waals surface area contributed by atoms with E-state index in [2.05, 4.69) is 43.6 Å². The topological polar surface area (TPSA) is 44.1 Å². The van der Waals surface area contributed by atoms with Crippen molar-refractivity contribution in [3.8, 4) is 5.69 Å². The van der Waals surface area contributed by atoms with E-state index < -0.39 is 0 Å². The number of hydrogen-bond acceptors (Lipinski definition) is 3. The second kappa shape index (κ2) is 5.83. The van der Waals surface area contributed by atoms with Crippen LogP contribution in [0, 0.1) is 3.57 Å². The molecule has 0 radical (unpaired) electrons. The van der Waals surface area contributed by atoms with Gasteiger partial charge in [-0.3, -0.25) is 0 Å². The van der Waals surface area contributed by atoms with Gasteiger partial charge in [-0.1, -0.05) is 15.9 Å². The number of ether oxygens (including phenoxy) is 1. The molecule has 94 valence electrons. The van der Waals surface area contributed by atoms with Gasteiger partial charge in [0.1, 0.15) is 0 Å². The third-order valence-corrected chi connectivity index (χ3v) is 3.58. The van der Waals surface area contributed by atoms with E-state index in [0.29, 0.717) is 12.3 Å². The average Bonchev–Trinajstić information content (AvgIpc) is 2.72. The number of hydrogen-bond donors (Lipinski definition) is 0. The Labute approximate surface area is 127 Å². The van der Waals surface area contributed by atoms with Crippen LogP contribution in [0.4, 0.5) is 0 Å². The van der Waals surface area contributed by atoms with Crippen LogP contribution in [-0.4, -0.2) is 22.4 Å². The number of halogens is 2. The first-order valence-electron chi connectivity index (χ1n) is 5.30. The number of esters is 1. The Kier molecular flexibility index (Phi) is 4.39. The third kappa shape index (κ3) is 2.74. The molecule has 0 N–H and O–H groups in total. The molecule has 0 spiro atoms. The predicted octanol–water partition coefficient (Wildman–Crippen LogP) is 3.42. The Morgan fingerprint density at radius 1 is 1.44 bits per heavy atom. The van der Waals surface area contributed by atoms with E-state index in [9.17, 15) is 4.79 Å². The molecule has 0 aliphatic heterocycles. The van der Waals surface area contributed by atoms with Gasteiger partial charge in [-0.2, -0.15) is 5.10 Å². The van der Waals surface area contributed by atoms with Crippen molar-refractivity contribution in [2.45, 2.75) is 6.92 Å². The van der Waals surface area contributed by atoms with Gasteiger partial charge >= 0.3 is 5.97 Å². The van der Waals surface area contributed by atoms with Crippen molar-refractivity contribution in [2.75, 3.05) is 6.61 Å². The minimum absolute atomic E-state index is 0.348. The predicted molar refractivity (Wildman–Crippen MR) is 79.9 cm³/mol. The Morgan fingerprint density at radius 3 is 2.72 bits per heavy atom. The zero-order valence-electron chi connectivity index (χ0n) is 9.56. The Balaban J connectivity index is 2.45. The van der Waals surface area contributed by atoms with Crippen LogP contribution in [0.2, 0.25) is 0 Å². The van der Waals surface area contributed by atoms with E-state index in [1.807, 2.05) is 24.3 Å². The lowest BCUT2D eigenvalue weighted by molar-refractivity contribution is 0.0514. The van der Waals surface area contributed by atoms with Crippen molar-refractivity contribution in [1.29, 1.82) is 0 Å². The highest BCUT2D eigenvalue weighted by atomic mass is 127. The van der Waals surface area contributed by atoms with Crippen LogP contribution in [0.5, 0.6) is 0 Å². The Morgan fingerprint density at radius 2 is 2.11 bits per heavy atom. The maximum absolute atomic E-state index is 11.9. The van der Waals surface area contributed by atoms with Gasteiger partial charge in [0, 0.05) is 4.47 Å². The monoisotopic (exact) mass is 420 g/mol. The maximum atomic E-state index is 11.9. The molecule has 0 saturated carbocycles. The van der Waals surface area contributed by atoms with Gasteiger partial charge in [-0.15, -0.1) is 0 Å². The first-order chi connectivity index (χ1) is 8.63. The minimum Gasteiger partial charge on any atom is -0.461 e. The quantitative estimate of drug-likeness (QED) is 0.564. The summed E-state index contributed by atoms with van der Waals surface area (Å²) in [5, 5.41) is 4.21. The van der Waals surface area contributed by atoms with E-state index in [-0.39, 0.29) is 5.97 Å². The van der Waals surface area contributed by atoms with Crippen LogP contribution < -0.4 is 0 Å². The molecule has 0 atom stereocenters. The van der Waals surface area contributed by atoms with Crippen molar-refractivity contribution >= 4 is 44.5 Å². The molecule has 1 heterocycles. The summed E-state index contributed by atoms with van der Waals surface area (Å²) in [6.45, 7) is 2.13. The summed E-state index contributed by atoms with van der Waals surface area (Å²) in [6, 6.07) is 7.57. The van der Waals surface area contributed by atoms with Crippen LogP contribution in [0.1, 0.15) is 17.4 Å². The molecule has 2 aromatic rings. The highest BCUT2D eigenvalue weighted by Gasteiger charge is 2.19. The Hall–Kier alpha value is -0.890.